The minimum Gasteiger partial charge on any atom is -0.322 e. The maximum Gasteiger partial charge on any atom is 0.257 e. The van der Waals surface area contributed by atoms with E-state index >= 15 is 0 Å². The molecule has 18 heavy (non-hydrogen) atoms. The van der Waals surface area contributed by atoms with Gasteiger partial charge in [0.1, 0.15) is 5.82 Å². The molecular formula is C13H8BrClFNO. The normalized spacial score (nSPS) is 10.2. The predicted octanol–water partition coefficient (Wildman–Crippen LogP) is 4.49. The maximum atomic E-state index is 13.0. The molecule has 2 aromatic rings. The molecule has 0 atom stereocenters. The second-order valence-electron chi connectivity index (χ2n) is 3.57. The van der Waals surface area contributed by atoms with E-state index in [1.165, 1.54) is 18.2 Å². The number of benzene rings is 2. The Kier molecular flexibility index (Phi) is 3.99. The number of nitrogens with one attached hydrogen (secondary N) is 1. The van der Waals surface area contributed by atoms with Gasteiger partial charge in [-0.2, -0.15) is 0 Å². The molecule has 2 rings (SSSR count). The Hall–Kier alpha value is -1.39. The number of anilines is 1. The van der Waals surface area contributed by atoms with E-state index in [0.717, 1.165) is 0 Å². The lowest BCUT2D eigenvalue weighted by Crippen LogP contribution is -2.12. The van der Waals surface area contributed by atoms with Crippen LogP contribution in [0.5, 0.6) is 0 Å². The van der Waals surface area contributed by atoms with E-state index in [1.807, 2.05) is 0 Å². The molecule has 0 aromatic heterocycles. The first kappa shape index (κ1) is 13.1. The predicted molar refractivity (Wildman–Crippen MR) is 73.5 cm³/mol. The van der Waals surface area contributed by atoms with Crippen molar-refractivity contribution in [2.75, 3.05) is 5.32 Å². The molecule has 2 aromatic carbocycles. The van der Waals surface area contributed by atoms with E-state index in [0.29, 0.717) is 20.7 Å². The number of carbonyl (C=O) groups is 1. The van der Waals surface area contributed by atoms with Gasteiger partial charge in [0.05, 0.1) is 10.6 Å². The molecule has 0 saturated carbocycles. The molecule has 1 amide bonds. The fourth-order valence-electron chi connectivity index (χ4n) is 1.44. The highest BCUT2D eigenvalue weighted by atomic mass is 79.9. The molecule has 0 aliphatic rings. The zero-order valence-corrected chi connectivity index (χ0v) is 11.4. The summed E-state index contributed by atoms with van der Waals surface area (Å²) in [4.78, 5) is 12.0. The van der Waals surface area contributed by atoms with Crippen molar-refractivity contribution >= 4 is 39.1 Å². The molecule has 1 N–H and O–H groups in total. The summed E-state index contributed by atoms with van der Waals surface area (Å²) < 4.78 is 13.6. The van der Waals surface area contributed by atoms with Gasteiger partial charge >= 0.3 is 0 Å². The van der Waals surface area contributed by atoms with Crippen molar-refractivity contribution in [2.45, 2.75) is 0 Å². The van der Waals surface area contributed by atoms with Gasteiger partial charge in [-0.1, -0.05) is 23.7 Å². The minimum absolute atomic E-state index is 0.325. The first-order valence-corrected chi connectivity index (χ1v) is 6.26. The summed E-state index contributed by atoms with van der Waals surface area (Å²) in [5, 5.41) is 2.91. The minimum atomic E-state index is -0.409. The Balaban J connectivity index is 2.25. The Morgan fingerprint density at radius 1 is 1.22 bits per heavy atom. The summed E-state index contributed by atoms with van der Waals surface area (Å²) in [5.41, 5.74) is 0.714. The van der Waals surface area contributed by atoms with Crippen LogP contribution >= 0.6 is 27.5 Å². The average molecular weight is 329 g/mol. The lowest BCUT2D eigenvalue weighted by molar-refractivity contribution is 0.102. The van der Waals surface area contributed by atoms with Crippen LogP contribution in [-0.2, 0) is 0 Å². The molecule has 0 heterocycles. The number of hydrogen-bond acceptors (Lipinski definition) is 1. The van der Waals surface area contributed by atoms with Gasteiger partial charge in [0.15, 0.2) is 0 Å². The first-order chi connectivity index (χ1) is 8.58. The zero-order chi connectivity index (χ0) is 13.1. The molecule has 0 aliphatic carbocycles. The van der Waals surface area contributed by atoms with Gasteiger partial charge in [0.2, 0.25) is 0 Å². The van der Waals surface area contributed by atoms with Crippen LogP contribution in [0, 0.1) is 5.82 Å². The Morgan fingerprint density at radius 2 is 1.94 bits per heavy atom. The number of halogens is 3. The monoisotopic (exact) mass is 327 g/mol. The van der Waals surface area contributed by atoms with Crippen molar-refractivity contribution in [3.8, 4) is 0 Å². The van der Waals surface area contributed by atoms with E-state index < -0.39 is 5.82 Å². The maximum absolute atomic E-state index is 13.0. The third-order valence-electron chi connectivity index (χ3n) is 2.28. The van der Waals surface area contributed by atoms with Crippen LogP contribution in [0.1, 0.15) is 10.4 Å². The van der Waals surface area contributed by atoms with Crippen LogP contribution in [-0.4, -0.2) is 5.91 Å². The average Bonchev–Trinajstić information content (AvgIpc) is 2.32. The van der Waals surface area contributed by atoms with Crippen LogP contribution < -0.4 is 5.32 Å². The first-order valence-electron chi connectivity index (χ1n) is 5.09. The van der Waals surface area contributed by atoms with Crippen molar-refractivity contribution in [3.63, 3.8) is 0 Å². The molecule has 0 radical (unpaired) electrons. The summed E-state index contributed by atoms with van der Waals surface area (Å²) in [6, 6.07) is 10.7. The van der Waals surface area contributed by atoms with E-state index in [-0.39, 0.29) is 5.91 Å². The summed E-state index contributed by atoms with van der Waals surface area (Å²) >= 11 is 9.24. The lowest BCUT2D eigenvalue weighted by Gasteiger charge is -2.07. The molecule has 0 bridgehead atoms. The molecule has 0 saturated heterocycles. The molecular weight excluding hydrogens is 321 g/mol. The van der Waals surface area contributed by atoms with Crippen molar-refractivity contribution in [2.24, 2.45) is 0 Å². The molecule has 0 fully saturated rings. The Labute approximate surface area is 117 Å². The highest BCUT2D eigenvalue weighted by Crippen LogP contribution is 2.26. The molecule has 92 valence electrons. The van der Waals surface area contributed by atoms with Gasteiger partial charge in [-0.05, 0) is 46.3 Å². The van der Waals surface area contributed by atoms with Gasteiger partial charge in [-0.15, -0.1) is 0 Å². The quantitative estimate of drug-likeness (QED) is 0.864. The van der Waals surface area contributed by atoms with Crippen LogP contribution in [0.2, 0.25) is 5.02 Å². The molecule has 5 heteroatoms. The van der Waals surface area contributed by atoms with Crippen molar-refractivity contribution in [1.82, 2.24) is 0 Å². The third kappa shape index (κ3) is 2.89. The fraction of sp³-hybridized carbons (Fsp3) is 0. The molecule has 0 aliphatic heterocycles. The van der Waals surface area contributed by atoms with E-state index in [9.17, 15) is 9.18 Å². The van der Waals surface area contributed by atoms with Crippen molar-refractivity contribution in [1.29, 1.82) is 0 Å². The zero-order valence-electron chi connectivity index (χ0n) is 9.08. The van der Waals surface area contributed by atoms with E-state index in [1.54, 1.807) is 24.3 Å². The second-order valence-corrected chi connectivity index (χ2v) is 4.80. The summed E-state index contributed by atoms with van der Waals surface area (Å²) in [5.74, 6) is -0.792. The van der Waals surface area contributed by atoms with Gasteiger partial charge in [-0.25, -0.2) is 4.39 Å². The smallest absolute Gasteiger partial charge is 0.257 e. The van der Waals surface area contributed by atoms with Crippen LogP contribution in [0.15, 0.2) is 46.9 Å². The highest BCUT2D eigenvalue weighted by molar-refractivity contribution is 9.10. The summed E-state index contributed by atoms with van der Waals surface area (Å²) in [7, 11) is 0. The Bertz CT molecular complexity index is 603. The highest BCUT2D eigenvalue weighted by Gasteiger charge is 2.12. The standard InChI is InChI=1S/C13H8BrClFNO/c14-11-6-2-5-10(12(11)15)13(18)17-9-4-1-3-8(16)7-9/h1-7H,(H,17,18). The second kappa shape index (κ2) is 5.50. The van der Waals surface area contributed by atoms with Crippen LogP contribution in [0.4, 0.5) is 10.1 Å². The third-order valence-corrected chi connectivity index (χ3v) is 3.58. The fourth-order valence-corrected chi connectivity index (χ4v) is 2.02. The molecule has 0 spiro atoms. The summed E-state index contributed by atoms with van der Waals surface area (Å²) in [6.45, 7) is 0. The van der Waals surface area contributed by atoms with E-state index in [4.69, 9.17) is 11.6 Å². The van der Waals surface area contributed by atoms with Crippen LogP contribution in [0.25, 0.3) is 0 Å². The van der Waals surface area contributed by atoms with Crippen molar-refractivity contribution < 1.29 is 9.18 Å². The van der Waals surface area contributed by atoms with Gasteiger partial charge in [-0.3, -0.25) is 4.79 Å². The van der Waals surface area contributed by atoms with Crippen LogP contribution in [0.3, 0.4) is 0 Å². The molecule has 2 nitrogen and oxygen atoms in total. The topological polar surface area (TPSA) is 29.1 Å². The SMILES string of the molecule is O=C(Nc1cccc(F)c1)c1cccc(Br)c1Cl. The number of carbonyl (C=O) groups excluding carboxylic acids is 1. The van der Waals surface area contributed by atoms with Gasteiger partial charge in [0, 0.05) is 10.2 Å². The number of hydrogen-bond donors (Lipinski definition) is 1. The number of rotatable bonds is 2. The van der Waals surface area contributed by atoms with Gasteiger partial charge in [0.25, 0.3) is 5.91 Å². The van der Waals surface area contributed by atoms with E-state index in [2.05, 4.69) is 21.2 Å². The van der Waals surface area contributed by atoms with Gasteiger partial charge < -0.3 is 5.32 Å². The largest absolute Gasteiger partial charge is 0.322 e. The molecule has 0 unspecified atom stereocenters. The lowest BCUT2D eigenvalue weighted by atomic mass is 10.2. The van der Waals surface area contributed by atoms with Crippen molar-refractivity contribution in [3.05, 3.63) is 63.3 Å². The Morgan fingerprint density at radius 3 is 2.67 bits per heavy atom. The summed E-state index contributed by atoms with van der Waals surface area (Å²) in [6.07, 6.45) is 0. The number of amides is 1.